The van der Waals surface area contributed by atoms with Gasteiger partial charge in [-0.2, -0.15) is 0 Å². The highest BCUT2D eigenvalue weighted by Gasteiger charge is 2.41. The molecule has 0 bridgehead atoms. The van der Waals surface area contributed by atoms with Crippen LogP contribution in [0.15, 0.2) is 48.5 Å². The average Bonchev–Trinajstić information content (AvgIpc) is 3.08. The molecule has 2 aromatic rings. The lowest BCUT2D eigenvalue weighted by Gasteiger charge is -2.19. The maximum Gasteiger partial charge on any atom is 0.308 e. The van der Waals surface area contributed by atoms with Gasteiger partial charge in [-0.1, -0.05) is 36.4 Å². The molecule has 1 aliphatic rings. The first kappa shape index (κ1) is 18.0. The Balaban J connectivity index is 1.90. The van der Waals surface area contributed by atoms with E-state index < -0.39 is 11.9 Å². The number of carbonyl (C=O) groups excluding carboxylic acids is 1. The zero-order valence-corrected chi connectivity index (χ0v) is 15.0. The topological polar surface area (TPSA) is 66.8 Å². The first-order valence-corrected chi connectivity index (χ1v) is 8.82. The fraction of sp³-hybridized carbons (Fsp3) is 0.333. The van der Waals surface area contributed by atoms with Crippen molar-refractivity contribution < 1.29 is 19.4 Å². The zero-order chi connectivity index (χ0) is 18.7. The molecule has 5 nitrogen and oxygen atoms in total. The number of aryl methyl sites for hydroxylation is 1. The summed E-state index contributed by atoms with van der Waals surface area (Å²) in [6, 6.07) is 14.9. The highest BCUT2D eigenvalue weighted by atomic mass is 16.5. The van der Waals surface area contributed by atoms with Gasteiger partial charge in [0.15, 0.2) is 0 Å². The molecular weight excluding hydrogens is 330 g/mol. The number of para-hydroxylation sites is 1. The summed E-state index contributed by atoms with van der Waals surface area (Å²) in [7, 11) is 0. The number of likely N-dealkylation sites (tertiary alicyclic amines) is 1. The van der Waals surface area contributed by atoms with Gasteiger partial charge < -0.3 is 14.7 Å². The Kier molecular flexibility index (Phi) is 5.26. The molecule has 0 saturated carbocycles. The number of ether oxygens (including phenoxy) is 1. The van der Waals surface area contributed by atoms with Gasteiger partial charge in [0.25, 0.3) is 5.91 Å². The van der Waals surface area contributed by atoms with Crippen LogP contribution in [0.1, 0.15) is 34.3 Å². The summed E-state index contributed by atoms with van der Waals surface area (Å²) in [4.78, 5) is 26.5. The summed E-state index contributed by atoms with van der Waals surface area (Å²) >= 11 is 0. The molecule has 0 aliphatic carbocycles. The van der Waals surface area contributed by atoms with Crippen LogP contribution in [0.5, 0.6) is 5.75 Å². The minimum atomic E-state index is -0.869. The van der Waals surface area contributed by atoms with Crippen molar-refractivity contribution in [3.05, 3.63) is 65.2 Å². The molecule has 0 unspecified atom stereocenters. The third-order valence-electron chi connectivity index (χ3n) is 4.93. The van der Waals surface area contributed by atoms with Crippen molar-refractivity contribution in [2.75, 3.05) is 19.7 Å². The van der Waals surface area contributed by atoms with E-state index in [4.69, 9.17) is 4.74 Å². The lowest BCUT2D eigenvalue weighted by molar-refractivity contribution is -0.141. The van der Waals surface area contributed by atoms with Crippen LogP contribution >= 0.6 is 0 Å². The van der Waals surface area contributed by atoms with E-state index in [0.29, 0.717) is 24.5 Å². The van der Waals surface area contributed by atoms with E-state index in [1.54, 1.807) is 23.1 Å². The molecule has 2 aromatic carbocycles. The van der Waals surface area contributed by atoms with Gasteiger partial charge in [-0.15, -0.1) is 0 Å². The standard InChI is InChI=1S/C21H23NO4/c1-3-26-19-11-7-6-10-16(19)20(23)22-12-17(18(13-22)21(24)25)15-9-5-4-8-14(15)2/h4-11,17-18H,3,12-13H2,1-2H3,(H,24,25)/t17-,18+/m0/s1. The SMILES string of the molecule is CCOc1ccccc1C(=O)N1C[C@@H](C(=O)O)[C@H](c2ccccc2C)C1. The summed E-state index contributed by atoms with van der Waals surface area (Å²) in [6.45, 7) is 4.90. The minimum Gasteiger partial charge on any atom is -0.493 e. The maximum absolute atomic E-state index is 13.0. The van der Waals surface area contributed by atoms with E-state index in [2.05, 4.69) is 0 Å². The predicted octanol–water partition coefficient (Wildman–Crippen LogP) is 3.33. The molecule has 0 spiro atoms. The molecule has 136 valence electrons. The summed E-state index contributed by atoms with van der Waals surface area (Å²) in [5, 5.41) is 9.68. The molecule has 0 radical (unpaired) electrons. The summed E-state index contributed by atoms with van der Waals surface area (Å²) in [5.41, 5.74) is 2.52. The van der Waals surface area contributed by atoms with Crippen LogP contribution in [0, 0.1) is 12.8 Å². The molecule has 1 aliphatic heterocycles. The third-order valence-corrected chi connectivity index (χ3v) is 4.93. The number of hydrogen-bond donors (Lipinski definition) is 1. The summed E-state index contributed by atoms with van der Waals surface area (Å²) in [6.07, 6.45) is 0. The molecule has 1 heterocycles. The molecule has 1 saturated heterocycles. The van der Waals surface area contributed by atoms with Crippen molar-refractivity contribution >= 4 is 11.9 Å². The molecule has 1 N–H and O–H groups in total. The second-order valence-electron chi connectivity index (χ2n) is 6.55. The van der Waals surface area contributed by atoms with E-state index in [1.807, 2.05) is 44.2 Å². The lowest BCUT2D eigenvalue weighted by atomic mass is 9.86. The number of nitrogens with zero attached hydrogens (tertiary/aromatic N) is 1. The number of rotatable bonds is 5. The first-order valence-electron chi connectivity index (χ1n) is 8.82. The molecule has 0 aromatic heterocycles. The monoisotopic (exact) mass is 353 g/mol. The summed E-state index contributed by atoms with van der Waals surface area (Å²) < 4.78 is 5.56. The Morgan fingerprint density at radius 3 is 2.50 bits per heavy atom. The number of hydrogen-bond acceptors (Lipinski definition) is 3. The van der Waals surface area contributed by atoms with Crippen LogP contribution in [0.2, 0.25) is 0 Å². The normalized spacial score (nSPS) is 19.4. The van der Waals surface area contributed by atoms with Gasteiger partial charge >= 0.3 is 5.97 Å². The van der Waals surface area contributed by atoms with Gasteiger partial charge in [-0.3, -0.25) is 9.59 Å². The van der Waals surface area contributed by atoms with Gasteiger partial charge in [0, 0.05) is 19.0 Å². The quantitative estimate of drug-likeness (QED) is 0.895. The van der Waals surface area contributed by atoms with Crippen LogP contribution in [0.4, 0.5) is 0 Å². The molecule has 5 heteroatoms. The Morgan fingerprint density at radius 2 is 1.81 bits per heavy atom. The predicted molar refractivity (Wildman–Crippen MR) is 98.6 cm³/mol. The van der Waals surface area contributed by atoms with Crippen molar-refractivity contribution in [2.24, 2.45) is 5.92 Å². The van der Waals surface area contributed by atoms with Crippen LogP contribution in [-0.2, 0) is 4.79 Å². The highest BCUT2D eigenvalue weighted by molar-refractivity contribution is 5.97. The van der Waals surface area contributed by atoms with Gasteiger partial charge in [0.1, 0.15) is 5.75 Å². The van der Waals surface area contributed by atoms with Crippen molar-refractivity contribution in [1.82, 2.24) is 4.90 Å². The van der Waals surface area contributed by atoms with Gasteiger partial charge in [0.2, 0.25) is 0 Å². The van der Waals surface area contributed by atoms with Crippen LogP contribution in [0.3, 0.4) is 0 Å². The van der Waals surface area contributed by atoms with Gasteiger partial charge in [-0.25, -0.2) is 0 Å². The highest BCUT2D eigenvalue weighted by Crippen LogP contribution is 2.36. The van der Waals surface area contributed by atoms with Gasteiger partial charge in [0.05, 0.1) is 18.1 Å². The smallest absolute Gasteiger partial charge is 0.308 e. The number of benzene rings is 2. The van der Waals surface area contributed by atoms with Crippen molar-refractivity contribution in [1.29, 1.82) is 0 Å². The lowest BCUT2D eigenvalue weighted by Crippen LogP contribution is -2.30. The molecular formula is C21H23NO4. The van der Waals surface area contributed by atoms with Crippen LogP contribution < -0.4 is 4.74 Å². The molecule has 3 rings (SSSR count). The maximum atomic E-state index is 13.0. The number of carboxylic acid groups (broad SMARTS) is 1. The van der Waals surface area contributed by atoms with E-state index in [1.165, 1.54) is 0 Å². The van der Waals surface area contributed by atoms with Crippen molar-refractivity contribution in [3.8, 4) is 5.75 Å². The number of aliphatic carboxylic acids is 1. The van der Waals surface area contributed by atoms with E-state index >= 15 is 0 Å². The Labute approximate surface area is 153 Å². The Morgan fingerprint density at radius 1 is 1.12 bits per heavy atom. The van der Waals surface area contributed by atoms with Crippen molar-refractivity contribution in [3.63, 3.8) is 0 Å². The Bertz CT molecular complexity index is 817. The van der Waals surface area contributed by atoms with E-state index in [-0.39, 0.29) is 18.4 Å². The second-order valence-corrected chi connectivity index (χ2v) is 6.55. The first-order chi connectivity index (χ1) is 12.5. The molecule has 1 fully saturated rings. The van der Waals surface area contributed by atoms with Gasteiger partial charge in [-0.05, 0) is 37.1 Å². The number of carbonyl (C=O) groups is 2. The van der Waals surface area contributed by atoms with E-state index in [0.717, 1.165) is 11.1 Å². The molecule has 1 amide bonds. The summed E-state index contributed by atoms with van der Waals surface area (Å²) in [5.74, 6) is -1.34. The fourth-order valence-corrected chi connectivity index (χ4v) is 3.63. The van der Waals surface area contributed by atoms with Crippen LogP contribution in [0.25, 0.3) is 0 Å². The third kappa shape index (κ3) is 3.43. The number of carboxylic acids is 1. The van der Waals surface area contributed by atoms with Crippen molar-refractivity contribution in [2.45, 2.75) is 19.8 Å². The number of amides is 1. The molecule has 26 heavy (non-hydrogen) atoms. The zero-order valence-electron chi connectivity index (χ0n) is 15.0. The second kappa shape index (κ2) is 7.60. The van der Waals surface area contributed by atoms with E-state index in [9.17, 15) is 14.7 Å². The molecule has 2 atom stereocenters. The Hall–Kier alpha value is -2.82. The fourth-order valence-electron chi connectivity index (χ4n) is 3.63. The largest absolute Gasteiger partial charge is 0.493 e. The average molecular weight is 353 g/mol. The minimum absolute atomic E-state index is 0.184. The van der Waals surface area contributed by atoms with Crippen LogP contribution in [-0.4, -0.2) is 41.6 Å².